The van der Waals surface area contributed by atoms with Crippen LogP contribution in [0.4, 0.5) is 0 Å². The number of rotatable bonds is 4. The molecule has 0 aromatic heterocycles. The molecule has 1 saturated heterocycles. The summed E-state index contributed by atoms with van der Waals surface area (Å²) in [7, 11) is 1.59. The Labute approximate surface area is 114 Å². The molecule has 3 nitrogen and oxygen atoms in total. The van der Waals surface area contributed by atoms with E-state index >= 15 is 0 Å². The highest BCUT2D eigenvalue weighted by Crippen LogP contribution is 2.76. The van der Waals surface area contributed by atoms with Gasteiger partial charge in [-0.25, -0.2) is 0 Å². The van der Waals surface area contributed by atoms with E-state index in [4.69, 9.17) is 9.47 Å². The van der Waals surface area contributed by atoms with Crippen LogP contribution in [0.2, 0.25) is 0 Å². The number of carbonyl (C=O) groups excluding carboxylic acids is 1. The van der Waals surface area contributed by atoms with Gasteiger partial charge in [-0.2, -0.15) is 0 Å². The molecule has 0 aromatic carbocycles. The number of hydrogen-bond acceptors (Lipinski definition) is 3. The van der Waals surface area contributed by atoms with Gasteiger partial charge in [-0.1, -0.05) is 13.5 Å². The number of epoxide rings is 1. The van der Waals surface area contributed by atoms with E-state index in [9.17, 15) is 4.79 Å². The van der Waals surface area contributed by atoms with Gasteiger partial charge in [0.2, 0.25) is 0 Å². The first kappa shape index (κ1) is 12.0. The Morgan fingerprint density at radius 2 is 2.05 bits per heavy atom. The van der Waals surface area contributed by atoms with Gasteiger partial charge in [-0.3, -0.25) is 4.79 Å². The van der Waals surface area contributed by atoms with Crippen LogP contribution in [0.1, 0.15) is 39.0 Å². The third kappa shape index (κ3) is 1.51. The Bertz CT molecular complexity index is 467. The summed E-state index contributed by atoms with van der Waals surface area (Å²) in [5, 5.41) is 0. The standard InChI is InChI=1S/C16H22O3/c1-9-4-15-6-11(15)7-16(5-9,8-15)14(17)13-12(19-13)10(2)18-3/h9,11-13H,2,4-8H2,1,3H3. The van der Waals surface area contributed by atoms with Gasteiger partial charge < -0.3 is 9.47 Å². The van der Waals surface area contributed by atoms with Gasteiger partial charge in [-0.05, 0) is 49.4 Å². The lowest BCUT2D eigenvalue weighted by molar-refractivity contribution is -0.133. The summed E-state index contributed by atoms with van der Waals surface area (Å²) in [6.45, 7) is 6.12. The highest BCUT2D eigenvalue weighted by Gasteiger charge is 2.71. The van der Waals surface area contributed by atoms with E-state index in [0.29, 0.717) is 22.9 Å². The van der Waals surface area contributed by atoms with Crippen LogP contribution in [0.3, 0.4) is 0 Å². The van der Waals surface area contributed by atoms with Crippen molar-refractivity contribution in [1.29, 1.82) is 0 Å². The monoisotopic (exact) mass is 262 g/mol. The van der Waals surface area contributed by atoms with Crippen molar-refractivity contribution in [3.8, 4) is 0 Å². The molecule has 0 N–H and O–H groups in total. The van der Waals surface area contributed by atoms with E-state index in [1.807, 2.05) is 0 Å². The lowest BCUT2D eigenvalue weighted by Gasteiger charge is -2.38. The number of methoxy groups -OCH3 is 1. The van der Waals surface area contributed by atoms with Crippen LogP contribution >= 0.6 is 0 Å². The molecule has 19 heavy (non-hydrogen) atoms. The minimum absolute atomic E-state index is 0.0754. The summed E-state index contributed by atoms with van der Waals surface area (Å²) in [4.78, 5) is 12.9. The number of carbonyl (C=O) groups is 1. The number of Topliss-reactive ketones (excluding diaryl/α,β-unsaturated/α-hetero) is 1. The van der Waals surface area contributed by atoms with Crippen LogP contribution in [-0.4, -0.2) is 25.1 Å². The van der Waals surface area contributed by atoms with E-state index in [2.05, 4.69) is 13.5 Å². The van der Waals surface area contributed by atoms with E-state index in [-0.39, 0.29) is 17.6 Å². The molecular formula is C16H22O3. The van der Waals surface area contributed by atoms with Crippen LogP contribution in [0, 0.1) is 22.7 Å². The molecule has 3 saturated carbocycles. The second-order valence-electron chi connectivity index (χ2n) is 7.45. The zero-order chi connectivity index (χ0) is 13.4. The normalized spacial score (nSPS) is 53.4. The van der Waals surface area contributed by atoms with Crippen molar-refractivity contribution < 1.29 is 14.3 Å². The summed E-state index contributed by atoms with van der Waals surface area (Å²) in [6, 6.07) is 0. The van der Waals surface area contributed by atoms with E-state index in [1.165, 1.54) is 12.8 Å². The van der Waals surface area contributed by atoms with Gasteiger partial charge >= 0.3 is 0 Å². The average molecular weight is 262 g/mol. The predicted octanol–water partition coefficient (Wildman–Crippen LogP) is 2.70. The zero-order valence-corrected chi connectivity index (χ0v) is 11.8. The number of hydrogen-bond donors (Lipinski definition) is 0. The molecule has 3 aliphatic carbocycles. The Balaban J connectivity index is 1.54. The summed E-state index contributed by atoms with van der Waals surface area (Å²) < 4.78 is 10.6. The van der Waals surface area contributed by atoms with Gasteiger partial charge in [0.15, 0.2) is 11.9 Å². The third-order valence-electron chi connectivity index (χ3n) is 6.03. The smallest absolute Gasteiger partial charge is 0.170 e. The topological polar surface area (TPSA) is 38.8 Å². The summed E-state index contributed by atoms with van der Waals surface area (Å²) in [6.07, 6.45) is 5.56. The van der Waals surface area contributed by atoms with Crippen LogP contribution in [-0.2, 0) is 14.3 Å². The van der Waals surface area contributed by atoms with Gasteiger partial charge in [0.25, 0.3) is 0 Å². The molecule has 1 spiro atoms. The van der Waals surface area contributed by atoms with Gasteiger partial charge in [0.05, 0.1) is 7.11 Å². The van der Waals surface area contributed by atoms with E-state index < -0.39 is 0 Å². The number of fused-ring (bicyclic) bond motifs is 1. The van der Waals surface area contributed by atoms with Crippen molar-refractivity contribution in [2.24, 2.45) is 22.7 Å². The lowest BCUT2D eigenvalue weighted by atomic mass is 9.64. The molecule has 6 atom stereocenters. The largest absolute Gasteiger partial charge is 0.499 e. The minimum Gasteiger partial charge on any atom is -0.499 e. The second kappa shape index (κ2) is 3.43. The van der Waals surface area contributed by atoms with Crippen molar-refractivity contribution in [3.05, 3.63) is 12.3 Å². The highest BCUT2D eigenvalue weighted by atomic mass is 16.6. The molecule has 4 rings (SSSR count). The lowest BCUT2D eigenvalue weighted by Crippen LogP contribution is -2.39. The highest BCUT2D eigenvalue weighted by molar-refractivity contribution is 5.92. The number of ether oxygens (including phenoxy) is 2. The van der Waals surface area contributed by atoms with Crippen molar-refractivity contribution in [1.82, 2.24) is 0 Å². The third-order valence-corrected chi connectivity index (χ3v) is 6.03. The van der Waals surface area contributed by atoms with Crippen molar-refractivity contribution >= 4 is 5.78 Å². The quantitative estimate of drug-likeness (QED) is 0.577. The Hall–Kier alpha value is -0.830. The Morgan fingerprint density at radius 3 is 2.79 bits per heavy atom. The molecule has 1 aliphatic heterocycles. The SMILES string of the molecule is C=C(OC)C1OC1C(=O)C12CC(C)CC3(CC3C1)C2. The van der Waals surface area contributed by atoms with Gasteiger partial charge in [0.1, 0.15) is 11.9 Å². The first-order valence-electron chi connectivity index (χ1n) is 7.42. The molecule has 3 heteroatoms. The fourth-order valence-electron chi connectivity index (χ4n) is 5.33. The molecule has 1 heterocycles. The predicted molar refractivity (Wildman–Crippen MR) is 70.4 cm³/mol. The summed E-state index contributed by atoms with van der Waals surface area (Å²) in [5.41, 5.74) is 0.462. The maximum absolute atomic E-state index is 12.9. The van der Waals surface area contributed by atoms with Crippen LogP contribution in [0.15, 0.2) is 12.3 Å². The molecule has 0 aromatic rings. The molecule has 6 unspecified atom stereocenters. The van der Waals surface area contributed by atoms with Crippen LogP contribution in [0.25, 0.3) is 0 Å². The van der Waals surface area contributed by atoms with Crippen LogP contribution < -0.4 is 0 Å². The van der Waals surface area contributed by atoms with Crippen molar-refractivity contribution in [3.63, 3.8) is 0 Å². The number of ketones is 1. The molecule has 0 amide bonds. The molecule has 104 valence electrons. The Kier molecular flexibility index (Phi) is 2.16. The fraction of sp³-hybridized carbons (Fsp3) is 0.812. The molecule has 0 radical (unpaired) electrons. The average Bonchev–Trinajstić information content (AvgIpc) is 3.24. The fourth-order valence-corrected chi connectivity index (χ4v) is 5.33. The maximum Gasteiger partial charge on any atom is 0.170 e. The molecule has 4 fully saturated rings. The first-order valence-corrected chi connectivity index (χ1v) is 7.42. The van der Waals surface area contributed by atoms with E-state index in [0.717, 1.165) is 25.2 Å². The van der Waals surface area contributed by atoms with Gasteiger partial charge in [-0.15, -0.1) is 0 Å². The zero-order valence-electron chi connectivity index (χ0n) is 11.8. The molecule has 2 bridgehead atoms. The first-order chi connectivity index (χ1) is 9.00. The van der Waals surface area contributed by atoms with Crippen molar-refractivity contribution in [2.75, 3.05) is 7.11 Å². The minimum atomic E-state index is -0.271. The summed E-state index contributed by atoms with van der Waals surface area (Å²) in [5.74, 6) is 2.45. The summed E-state index contributed by atoms with van der Waals surface area (Å²) >= 11 is 0. The maximum atomic E-state index is 12.9. The molecular weight excluding hydrogens is 240 g/mol. The Morgan fingerprint density at radius 1 is 1.26 bits per heavy atom. The van der Waals surface area contributed by atoms with Crippen molar-refractivity contribution in [2.45, 2.75) is 51.2 Å². The molecule has 4 aliphatic rings. The van der Waals surface area contributed by atoms with Crippen LogP contribution in [0.5, 0.6) is 0 Å². The second-order valence-corrected chi connectivity index (χ2v) is 7.45. The van der Waals surface area contributed by atoms with Gasteiger partial charge in [0, 0.05) is 5.41 Å². The van der Waals surface area contributed by atoms with E-state index in [1.54, 1.807) is 7.11 Å².